The third-order valence-electron chi connectivity index (χ3n) is 4.78. The van der Waals surface area contributed by atoms with Crippen LogP contribution in [0.15, 0.2) is 12.4 Å². The Morgan fingerprint density at radius 1 is 1.22 bits per heavy atom. The van der Waals surface area contributed by atoms with Gasteiger partial charge in [-0.1, -0.05) is 39.7 Å². The van der Waals surface area contributed by atoms with Gasteiger partial charge in [-0.25, -0.2) is 0 Å². The molecule has 0 aromatic rings. The fourth-order valence-corrected chi connectivity index (χ4v) is 3.17. The first-order chi connectivity index (χ1) is 8.53. The summed E-state index contributed by atoms with van der Waals surface area (Å²) in [4.78, 5) is 0. The van der Waals surface area contributed by atoms with E-state index in [1.807, 2.05) is 14.1 Å². The molecule has 1 rings (SSSR count). The maximum Gasteiger partial charge on any atom is 0.0912 e. The predicted molar refractivity (Wildman–Crippen MR) is 79.4 cm³/mol. The summed E-state index contributed by atoms with van der Waals surface area (Å²) in [6, 6.07) is 0.443. The third kappa shape index (κ3) is 3.91. The van der Waals surface area contributed by atoms with Crippen molar-refractivity contribution in [3.63, 3.8) is 0 Å². The lowest BCUT2D eigenvalue weighted by Gasteiger charge is -2.43. The molecule has 0 aromatic heterocycles. The zero-order chi connectivity index (χ0) is 13.6. The van der Waals surface area contributed by atoms with Crippen molar-refractivity contribution < 1.29 is 0 Å². The average Bonchev–Trinajstić information content (AvgIpc) is 2.38. The molecule has 1 fully saturated rings. The highest BCUT2D eigenvalue weighted by atomic mass is 15.1. The van der Waals surface area contributed by atoms with Crippen LogP contribution in [0.3, 0.4) is 0 Å². The van der Waals surface area contributed by atoms with Crippen LogP contribution in [0, 0.1) is 11.3 Å². The van der Waals surface area contributed by atoms with Crippen molar-refractivity contribution in [3.05, 3.63) is 12.4 Å². The molecule has 1 aliphatic carbocycles. The van der Waals surface area contributed by atoms with Gasteiger partial charge in [0, 0.05) is 19.6 Å². The molecule has 0 heterocycles. The van der Waals surface area contributed by atoms with Gasteiger partial charge in [-0.15, -0.1) is 0 Å². The third-order valence-corrected chi connectivity index (χ3v) is 4.78. The Labute approximate surface area is 113 Å². The fourth-order valence-electron chi connectivity index (χ4n) is 3.17. The molecule has 0 aromatic carbocycles. The Balaban J connectivity index is 2.67. The van der Waals surface area contributed by atoms with E-state index in [0.717, 1.165) is 12.4 Å². The summed E-state index contributed by atoms with van der Waals surface area (Å²) in [6.45, 7) is 9.83. The van der Waals surface area contributed by atoms with Crippen LogP contribution in [0.4, 0.5) is 0 Å². The van der Waals surface area contributed by atoms with Crippen LogP contribution in [0.1, 0.15) is 46.0 Å². The molecule has 3 heteroatoms. The van der Waals surface area contributed by atoms with Crippen molar-refractivity contribution in [1.29, 1.82) is 0 Å². The maximum absolute atomic E-state index is 4.00. The summed E-state index contributed by atoms with van der Waals surface area (Å²) in [7, 11) is 3.94. The van der Waals surface area contributed by atoms with Crippen LogP contribution < -0.4 is 16.0 Å². The normalized spacial score (nSPS) is 22.0. The van der Waals surface area contributed by atoms with E-state index in [9.17, 15) is 0 Å². The van der Waals surface area contributed by atoms with E-state index in [1.165, 1.54) is 32.1 Å². The van der Waals surface area contributed by atoms with Crippen LogP contribution in [0.25, 0.3) is 0 Å². The molecule has 1 aliphatic rings. The largest absolute Gasteiger partial charge is 0.375 e. The van der Waals surface area contributed by atoms with Gasteiger partial charge in [-0.3, -0.25) is 0 Å². The lowest BCUT2D eigenvalue weighted by Crippen LogP contribution is -2.49. The number of nitrogens with one attached hydrogen (secondary N) is 3. The predicted octanol–water partition coefficient (Wildman–Crippen LogP) is 2.46. The highest BCUT2D eigenvalue weighted by Crippen LogP contribution is 2.43. The second-order valence-corrected chi connectivity index (χ2v) is 6.04. The van der Waals surface area contributed by atoms with E-state index < -0.39 is 0 Å². The van der Waals surface area contributed by atoms with Crippen molar-refractivity contribution in [2.24, 2.45) is 11.3 Å². The zero-order valence-electron chi connectivity index (χ0n) is 12.6. The molecule has 106 valence electrons. The number of likely N-dealkylation sites (N-methyl/N-ethyl adjacent to an activating group) is 1. The van der Waals surface area contributed by atoms with Crippen molar-refractivity contribution in [2.45, 2.75) is 52.0 Å². The standard InChI is InChI=1S/C15H31N3/c1-12(15(3)9-7-6-8-10-15)14(11-16-4)18-13(2)17-5/h12,14,16-18H,2,6-11H2,1,3-5H3/t12?,14-/m1/s1. The topological polar surface area (TPSA) is 36.1 Å². The van der Waals surface area contributed by atoms with Crippen molar-refractivity contribution in [1.82, 2.24) is 16.0 Å². The van der Waals surface area contributed by atoms with Gasteiger partial charge < -0.3 is 16.0 Å². The molecule has 3 nitrogen and oxygen atoms in total. The molecule has 18 heavy (non-hydrogen) atoms. The summed E-state index contributed by atoms with van der Waals surface area (Å²) in [5, 5.41) is 9.92. The van der Waals surface area contributed by atoms with E-state index >= 15 is 0 Å². The highest BCUT2D eigenvalue weighted by Gasteiger charge is 2.36. The molecule has 2 atom stereocenters. The lowest BCUT2D eigenvalue weighted by molar-refractivity contribution is 0.102. The van der Waals surface area contributed by atoms with Crippen molar-refractivity contribution in [3.8, 4) is 0 Å². The minimum atomic E-state index is 0.443. The molecule has 0 spiro atoms. The van der Waals surface area contributed by atoms with Crippen LogP contribution in [0.5, 0.6) is 0 Å². The highest BCUT2D eigenvalue weighted by molar-refractivity contribution is 4.97. The van der Waals surface area contributed by atoms with E-state index in [-0.39, 0.29) is 0 Å². The summed E-state index contributed by atoms with van der Waals surface area (Å²) in [5.41, 5.74) is 0.473. The Kier molecular flexibility index (Phi) is 6.00. The fraction of sp³-hybridized carbons (Fsp3) is 0.867. The second-order valence-electron chi connectivity index (χ2n) is 6.04. The number of rotatable bonds is 7. The second kappa shape index (κ2) is 7.03. The molecule has 0 aliphatic heterocycles. The minimum Gasteiger partial charge on any atom is -0.375 e. The molecule has 0 bridgehead atoms. The van der Waals surface area contributed by atoms with Gasteiger partial charge >= 0.3 is 0 Å². The summed E-state index contributed by atoms with van der Waals surface area (Å²) < 4.78 is 0. The Morgan fingerprint density at radius 2 is 1.83 bits per heavy atom. The Hall–Kier alpha value is -0.700. The molecule has 3 N–H and O–H groups in total. The van der Waals surface area contributed by atoms with Gasteiger partial charge in [0.15, 0.2) is 0 Å². The molecule has 0 saturated heterocycles. The van der Waals surface area contributed by atoms with E-state index in [2.05, 4.69) is 36.4 Å². The van der Waals surface area contributed by atoms with Gasteiger partial charge in [0.05, 0.1) is 5.82 Å². The maximum atomic E-state index is 4.00. The molecule has 0 radical (unpaired) electrons. The molecule has 1 unspecified atom stereocenters. The van der Waals surface area contributed by atoms with Crippen LogP contribution in [-0.2, 0) is 0 Å². The zero-order valence-corrected chi connectivity index (χ0v) is 12.6. The van der Waals surface area contributed by atoms with Crippen molar-refractivity contribution in [2.75, 3.05) is 20.6 Å². The van der Waals surface area contributed by atoms with Crippen LogP contribution in [-0.4, -0.2) is 26.7 Å². The van der Waals surface area contributed by atoms with Crippen LogP contribution >= 0.6 is 0 Å². The summed E-state index contributed by atoms with van der Waals surface area (Å²) in [6.07, 6.45) is 6.92. The average molecular weight is 253 g/mol. The Bertz CT molecular complexity index is 256. The van der Waals surface area contributed by atoms with E-state index in [4.69, 9.17) is 0 Å². The first-order valence-electron chi connectivity index (χ1n) is 7.31. The monoisotopic (exact) mass is 253 g/mol. The number of hydrogen-bond donors (Lipinski definition) is 3. The molecular formula is C15H31N3. The Morgan fingerprint density at radius 3 is 2.33 bits per heavy atom. The van der Waals surface area contributed by atoms with Gasteiger partial charge in [-0.05, 0) is 31.2 Å². The van der Waals surface area contributed by atoms with E-state index in [0.29, 0.717) is 17.4 Å². The first kappa shape index (κ1) is 15.4. The van der Waals surface area contributed by atoms with Gasteiger partial charge in [0.1, 0.15) is 0 Å². The first-order valence-corrected chi connectivity index (χ1v) is 7.31. The lowest BCUT2D eigenvalue weighted by atomic mass is 9.65. The SMILES string of the molecule is C=C(NC)N[C@H](CNC)C(C)C1(C)CCCCC1. The minimum absolute atomic E-state index is 0.443. The van der Waals surface area contributed by atoms with Gasteiger partial charge in [-0.2, -0.15) is 0 Å². The molecular weight excluding hydrogens is 222 g/mol. The van der Waals surface area contributed by atoms with Crippen molar-refractivity contribution >= 4 is 0 Å². The van der Waals surface area contributed by atoms with Gasteiger partial charge in [0.25, 0.3) is 0 Å². The summed E-state index contributed by atoms with van der Waals surface area (Å²) in [5.74, 6) is 1.57. The number of hydrogen-bond acceptors (Lipinski definition) is 3. The molecule has 0 amide bonds. The summed E-state index contributed by atoms with van der Waals surface area (Å²) >= 11 is 0. The van der Waals surface area contributed by atoms with Gasteiger partial charge in [0.2, 0.25) is 0 Å². The molecule has 1 saturated carbocycles. The van der Waals surface area contributed by atoms with Crippen LogP contribution in [0.2, 0.25) is 0 Å². The quantitative estimate of drug-likeness (QED) is 0.652. The van der Waals surface area contributed by atoms with E-state index in [1.54, 1.807) is 0 Å². The smallest absolute Gasteiger partial charge is 0.0912 e.